The average Bonchev–Trinajstić information content (AvgIpc) is 3.11. The van der Waals surface area contributed by atoms with Crippen molar-refractivity contribution in [1.29, 1.82) is 0 Å². The molecule has 0 spiro atoms. The summed E-state index contributed by atoms with van der Waals surface area (Å²) < 4.78 is 7.55. The van der Waals surface area contributed by atoms with Gasteiger partial charge in [0.05, 0.1) is 6.61 Å². The second-order valence-corrected chi connectivity index (χ2v) is 6.57. The summed E-state index contributed by atoms with van der Waals surface area (Å²) in [5.74, 6) is 1.23. The van der Waals surface area contributed by atoms with Crippen LogP contribution < -0.4 is 4.74 Å². The van der Waals surface area contributed by atoms with Gasteiger partial charge >= 0.3 is 0 Å². The molecule has 1 atom stereocenters. The number of rotatable bonds is 5. The molecule has 0 amide bonds. The van der Waals surface area contributed by atoms with Crippen molar-refractivity contribution in [3.05, 3.63) is 42.0 Å². The highest BCUT2D eigenvalue weighted by atomic mass is 16.6. The van der Waals surface area contributed by atoms with E-state index in [1.54, 1.807) is 0 Å². The molecule has 0 aliphatic carbocycles. The number of aliphatic hydroxyl groups is 2. The fraction of sp³-hybridized carbons (Fsp3) is 0.471. The molecule has 8 nitrogen and oxygen atoms in total. The Morgan fingerprint density at radius 3 is 3.04 bits per heavy atom. The van der Waals surface area contributed by atoms with Crippen LogP contribution in [0.2, 0.25) is 0 Å². The molecule has 3 rings (SSSR count). The van der Waals surface area contributed by atoms with Gasteiger partial charge in [0.2, 0.25) is 5.84 Å². The van der Waals surface area contributed by atoms with Crippen molar-refractivity contribution < 1.29 is 19.8 Å². The van der Waals surface area contributed by atoms with Crippen molar-refractivity contribution in [2.45, 2.75) is 38.4 Å². The van der Waals surface area contributed by atoms with Crippen LogP contribution in [0.1, 0.15) is 31.4 Å². The molecule has 0 radical (unpaired) electrons. The van der Waals surface area contributed by atoms with Gasteiger partial charge in [-0.15, -0.1) is 0 Å². The van der Waals surface area contributed by atoms with Crippen LogP contribution in [0.25, 0.3) is 0 Å². The number of aromatic nitrogens is 3. The van der Waals surface area contributed by atoms with Crippen molar-refractivity contribution in [3.8, 4) is 5.75 Å². The van der Waals surface area contributed by atoms with Gasteiger partial charge in [0.25, 0.3) is 0 Å². The first-order valence-corrected chi connectivity index (χ1v) is 8.15. The highest BCUT2D eigenvalue weighted by Crippen LogP contribution is 2.33. The largest absolute Gasteiger partial charge is 0.488 e. The van der Waals surface area contributed by atoms with E-state index < -0.39 is 12.7 Å². The molecule has 0 saturated heterocycles. The van der Waals surface area contributed by atoms with Gasteiger partial charge in [-0.25, -0.2) is 4.98 Å². The van der Waals surface area contributed by atoms with Crippen LogP contribution in [0.5, 0.6) is 5.75 Å². The Labute approximate surface area is 145 Å². The molecule has 1 aromatic heterocycles. The number of aliphatic hydroxyl groups excluding tert-OH is 2. The van der Waals surface area contributed by atoms with E-state index in [4.69, 9.17) is 14.7 Å². The Hall–Kier alpha value is -2.45. The molecule has 2 heterocycles. The van der Waals surface area contributed by atoms with Crippen molar-refractivity contribution in [2.24, 2.45) is 5.16 Å². The monoisotopic (exact) mass is 346 g/mol. The van der Waals surface area contributed by atoms with E-state index in [-0.39, 0.29) is 12.2 Å². The maximum absolute atomic E-state index is 9.39. The van der Waals surface area contributed by atoms with Crippen molar-refractivity contribution in [1.82, 2.24) is 14.8 Å². The number of hydrogen-bond acceptors (Lipinski definition) is 7. The second kappa shape index (κ2) is 7.20. The van der Waals surface area contributed by atoms with E-state index in [1.807, 2.05) is 18.2 Å². The molecule has 0 bridgehead atoms. The van der Waals surface area contributed by atoms with Crippen molar-refractivity contribution >= 4 is 5.84 Å². The quantitative estimate of drug-likeness (QED) is 0.475. The van der Waals surface area contributed by atoms with Gasteiger partial charge in [-0.3, -0.25) is 0 Å². The molecular weight excluding hydrogens is 324 g/mol. The normalized spacial score (nSPS) is 17.5. The lowest BCUT2D eigenvalue weighted by atomic mass is 9.93. The summed E-state index contributed by atoms with van der Waals surface area (Å²) in [6.45, 7) is 3.61. The summed E-state index contributed by atoms with van der Waals surface area (Å²) in [6.07, 6.45) is 3.84. The van der Waals surface area contributed by atoms with Crippen LogP contribution in [0.4, 0.5) is 0 Å². The van der Waals surface area contributed by atoms with E-state index in [0.717, 1.165) is 29.7 Å². The van der Waals surface area contributed by atoms with Gasteiger partial charge < -0.3 is 19.8 Å². The highest BCUT2D eigenvalue weighted by molar-refractivity contribution is 5.99. The van der Waals surface area contributed by atoms with E-state index in [9.17, 15) is 5.11 Å². The van der Waals surface area contributed by atoms with Crippen molar-refractivity contribution in [2.75, 3.05) is 13.2 Å². The molecule has 1 aromatic carbocycles. The minimum Gasteiger partial charge on any atom is -0.488 e. The third-order valence-electron chi connectivity index (χ3n) is 3.97. The zero-order valence-corrected chi connectivity index (χ0v) is 14.3. The minimum absolute atomic E-state index is 0.122. The summed E-state index contributed by atoms with van der Waals surface area (Å²) in [5, 5.41) is 26.4. The molecular formula is C17H22N4O4. The predicted octanol–water partition coefficient (Wildman–Crippen LogP) is 0.961. The lowest BCUT2D eigenvalue weighted by Gasteiger charge is -2.32. The molecule has 1 aliphatic heterocycles. The molecule has 25 heavy (non-hydrogen) atoms. The fourth-order valence-electron chi connectivity index (χ4n) is 2.56. The SMILES string of the molecule is CC1(C)CCc2ccc(/C(=N/OCC(O)CO)n3cncn3)cc2O1. The number of aryl methyl sites for hydroxylation is 1. The molecule has 0 fully saturated rings. The Bertz CT molecular complexity index is 743. The summed E-state index contributed by atoms with van der Waals surface area (Å²) in [5.41, 5.74) is 1.69. The molecule has 1 unspecified atom stereocenters. The summed E-state index contributed by atoms with van der Waals surface area (Å²) >= 11 is 0. The van der Waals surface area contributed by atoms with Crippen LogP contribution in [0, 0.1) is 0 Å². The van der Waals surface area contributed by atoms with Gasteiger partial charge in [0.15, 0.2) is 0 Å². The number of fused-ring (bicyclic) bond motifs is 1. The third-order valence-corrected chi connectivity index (χ3v) is 3.97. The Kier molecular flexibility index (Phi) is 5.00. The zero-order valence-electron chi connectivity index (χ0n) is 14.3. The fourth-order valence-corrected chi connectivity index (χ4v) is 2.56. The topological polar surface area (TPSA) is 102 Å². The first kappa shape index (κ1) is 17.4. The Balaban J connectivity index is 1.90. The smallest absolute Gasteiger partial charge is 0.201 e. The standard InChI is InChI=1S/C17H22N4O4/c1-17(2)6-5-12-3-4-13(7-15(12)25-17)16(21-11-18-10-19-21)20-24-9-14(23)8-22/h3-4,7,10-11,14,22-23H,5-6,8-9H2,1-2H3/b20-16-. The summed E-state index contributed by atoms with van der Waals surface area (Å²) in [6, 6.07) is 5.84. The molecule has 2 N–H and O–H groups in total. The first-order valence-electron chi connectivity index (χ1n) is 8.15. The van der Waals surface area contributed by atoms with Crippen molar-refractivity contribution in [3.63, 3.8) is 0 Å². The van der Waals surface area contributed by atoms with Gasteiger partial charge in [-0.05, 0) is 38.3 Å². The number of oxime groups is 1. The molecule has 0 saturated carbocycles. The van der Waals surface area contributed by atoms with Gasteiger partial charge in [-0.1, -0.05) is 17.3 Å². The van der Waals surface area contributed by atoms with Gasteiger partial charge in [0.1, 0.15) is 36.7 Å². The third kappa shape index (κ3) is 4.15. The first-order chi connectivity index (χ1) is 12.0. The van der Waals surface area contributed by atoms with E-state index in [1.165, 1.54) is 17.3 Å². The number of nitrogens with zero attached hydrogens (tertiary/aromatic N) is 4. The Morgan fingerprint density at radius 2 is 2.32 bits per heavy atom. The zero-order chi connectivity index (χ0) is 17.9. The van der Waals surface area contributed by atoms with Gasteiger partial charge in [-0.2, -0.15) is 9.78 Å². The van der Waals surface area contributed by atoms with Crippen LogP contribution in [0.15, 0.2) is 36.0 Å². The number of benzene rings is 1. The number of hydrogen-bond donors (Lipinski definition) is 2. The van der Waals surface area contributed by atoms with Gasteiger partial charge in [0, 0.05) is 5.56 Å². The lowest BCUT2D eigenvalue weighted by molar-refractivity contribution is 0.00803. The second-order valence-electron chi connectivity index (χ2n) is 6.57. The van der Waals surface area contributed by atoms with Crippen LogP contribution in [-0.2, 0) is 11.3 Å². The predicted molar refractivity (Wildman–Crippen MR) is 90.5 cm³/mol. The van der Waals surface area contributed by atoms with Crippen LogP contribution in [0.3, 0.4) is 0 Å². The van der Waals surface area contributed by atoms with Crippen LogP contribution >= 0.6 is 0 Å². The minimum atomic E-state index is -0.992. The summed E-state index contributed by atoms with van der Waals surface area (Å²) in [4.78, 5) is 9.09. The molecule has 1 aliphatic rings. The van der Waals surface area contributed by atoms with Crippen LogP contribution in [-0.4, -0.2) is 55.7 Å². The summed E-state index contributed by atoms with van der Waals surface area (Å²) in [7, 11) is 0. The Morgan fingerprint density at radius 1 is 1.48 bits per heavy atom. The average molecular weight is 346 g/mol. The van der Waals surface area contributed by atoms with E-state index in [2.05, 4.69) is 29.1 Å². The molecule has 134 valence electrons. The highest BCUT2D eigenvalue weighted by Gasteiger charge is 2.27. The molecule has 2 aromatic rings. The maximum Gasteiger partial charge on any atom is 0.201 e. The van der Waals surface area contributed by atoms with E-state index >= 15 is 0 Å². The number of ether oxygens (including phenoxy) is 1. The van der Waals surface area contributed by atoms with E-state index in [0.29, 0.717) is 5.84 Å². The maximum atomic E-state index is 9.39. The lowest BCUT2D eigenvalue weighted by Crippen LogP contribution is -2.32. The molecule has 8 heteroatoms.